The fourth-order valence-corrected chi connectivity index (χ4v) is 3.00. The fourth-order valence-electron chi connectivity index (χ4n) is 2.03. The van der Waals surface area contributed by atoms with E-state index in [-0.39, 0.29) is 0 Å². The van der Waals surface area contributed by atoms with Crippen molar-refractivity contribution in [2.24, 2.45) is 23.2 Å². The van der Waals surface area contributed by atoms with Crippen molar-refractivity contribution >= 4 is 27.8 Å². The normalized spacial score (nSPS) is 21.4. The summed E-state index contributed by atoms with van der Waals surface area (Å²) in [6.45, 7) is 1.62. The lowest BCUT2D eigenvalue weighted by Gasteiger charge is -1.94. The van der Waals surface area contributed by atoms with Gasteiger partial charge in [0.15, 0.2) is 0 Å². The molecular weight excluding hydrogens is 246 g/mol. The van der Waals surface area contributed by atoms with E-state index < -0.39 is 0 Å². The summed E-state index contributed by atoms with van der Waals surface area (Å²) in [6.07, 6.45) is 2.95. The van der Waals surface area contributed by atoms with Gasteiger partial charge in [0.2, 0.25) is 4.80 Å². The highest BCUT2D eigenvalue weighted by atomic mass is 32.1. The van der Waals surface area contributed by atoms with Gasteiger partial charge in [-0.3, -0.25) is 0 Å². The van der Waals surface area contributed by atoms with Gasteiger partial charge in [0.05, 0.1) is 16.8 Å². The predicted molar refractivity (Wildman–Crippen MR) is 73.8 cm³/mol. The minimum Gasteiger partial charge on any atom is -0.381 e. The second-order valence-electron chi connectivity index (χ2n) is 4.40. The number of fused-ring (bicyclic) bond motifs is 1. The Hall–Kier alpha value is -1.46. The molecule has 1 aliphatic heterocycles. The first-order valence-electron chi connectivity index (χ1n) is 6.04. The number of aryl methyl sites for hydroxylation is 1. The van der Waals surface area contributed by atoms with Crippen LogP contribution in [0, 0.1) is 5.92 Å². The lowest BCUT2D eigenvalue weighted by Crippen LogP contribution is -2.09. The Balaban J connectivity index is 1.91. The van der Waals surface area contributed by atoms with Crippen LogP contribution in [0.25, 0.3) is 10.2 Å². The summed E-state index contributed by atoms with van der Waals surface area (Å²) in [5.74, 6) is 0.424. The Morgan fingerprint density at radius 1 is 1.44 bits per heavy atom. The van der Waals surface area contributed by atoms with Gasteiger partial charge in [-0.15, -0.1) is 5.10 Å². The highest BCUT2D eigenvalue weighted by molar-refractivity contribution is 7.16. The average Bonchev–Trinajstić information content (AvgIpc) is 3.00. The zero-order chi connectivity index (χ0) is 12.4. The molecule has 1 fully saturated rings. The Labute approximate surface area is 109 Å². The standard InChI is InChI=1S/C13H15N3OS/c1-16-11-4-2-3-5-12(11)18-13(16)15-14-8-10-6-7-17-9-10/h2-5,8,10H,6-7,9H2,1H3/b14-8+,15-13?. The topological polar surface area (TPSA) is 38.9 Å². The first-order valence-corrected chi connectivity index (χ1v) is 6.86. The molecule has 1 unspecified atom stereocenters. The van der Waals surface area contributed by atoms with Crippen LogP contribution in [0.5, 0.6) is 0 Å². The first-order chi connectivity index (χ1) is 8.84. The summed E-state index contributed by atoms with van der Waals surface area (Å²) in [5.41, 5.74) is 1.20. The van der Waals surface area contributed by atoms with E-state index in [4.69, 9.17) is 4.74 Å². The largest absolute Gasteiger partial charge is 0.381 e. The van der Waals surface area contributed by atoms with Gasteiger partial charge in [-0.1, -0.05) is 23.5 Å². The van der Waals surface area contributed by atoms with Crippen molar-refractivity contribution < 1.29 is 4.74 Å². The summed E-state index contributed by atoms with van der Waals surface area (Å²) in [7, 11) is 2.02. The molecule has 0 saturated carbocycles. The third-order valence-corrected chi connectivity index (χ3v) is 4.20. The number of hydrogen-bond donors (Lipinski definition) is 0. The monoisotopic (exact) mass is 261 g/mol. The molecule has 0 amide bonds. The van der Waals surface area contributed by atoms with Crippen LogP contribution < -0.4 is 4.80 Å². The summed E-state index contributed by atoms with van der Waals surface area (Å²) in [5, 5.41) is 8.49. The second kappa shape index (κ2) is 5.04. The van der Waals surface area contributed by atoms with Gasteiger partial charge in [-0.05, 0) is 18.6 Å². The van der Waals surface area contributed by atoms with E-state index >= 15 is 0 Å². The highest BCUT2D eigenvalue weighted by Gasteiger charge is 2.12. The van der Waals surface area contributed by atoms with Crippen molar-refractivity contribution in [2.75, 3.05) is 13.2 Å². The second-order valence-corrected chi connectivity index (χ2v) is 5.41. The summed E-state index contributed by atoms with van der Waals surface area (Å²) in [4.78, 5) is 0.923. The molecule has 1 aliphatic rings. The molecule has 0 spiro atoms. The third kappa shape index (κ3) is 2.23. The smallest absolute Gasteiger partial charge is 0.211 e. The molecule has 0 bridgehead atoms. The minimum atomic E-state index is 0.424. The molecule has 2 heterocycles. The minimum absolute atomic E-state index is 0.424. The van der Waals surface area contributed by atoms with Gasteiger partial charge < -0.3 is 9.30 Å². The van der Waals surface area contributed by atoms with E-state index in [2.05, 4.69) is 26.9 Å². The van der Waals surface area contributed by atoms with Gasteiger partial charge >= 0.3 is 0 Å². The zero-order valence-corrected chi connectivity index (χ0v) is 11.1. The maximum absolute atomic E-state index is 5.30. The molecule has 5 heteroatoms. The molecule has 1 aromatic heterocycles. The number of hydrogen-bond acceptors (Lipinski definition) is 4. The lowest BCUT2D eigenvalue weighted by molar-refractivity contribution is 0.193. The molecule has 0 radical (unpaired) electrons. The Bertz CT molecular complexity index is 635. The molecule has 0 aliphatic carbocycles. The van der Waals surface area contributed by atoms with Crippen LogP contribution in [-0.4, -0.2) is 24.0 Å². The summed E-state index contributed by atoms with van der Waals surface area (Å²) >= 11 is 1.66. The number of rotatable bonds is 2. The van der Waals surface area contributed by atoms with Crippen LogP contribution in [-0.2, 0) is 11.8 Å². The molecule has 94 valence electrons. The van der Waals surface area contributed by atoms with E-state index in [1.165, 1.54) is 10.2 Å². The van der Waals surface area contributed by atoms with Gasteiger partial charge in [-0.25, -0.2) is 0 Å². The van der Waals surface area contributed by atoms with E-state index in [9.17, 15) is 0 Å². The number of aromatic nitrogens is 1. The van der Waals surface area contributed by atoms with Gasteiger partial charge in [0, 0.05) is 25.8 Å². The van der Waals surface area contributed by atoms with Crippen LogP contribution in [0.4, 0.5) is 0 Å². The first kappa shape index (κ1) is 11.6. The molecule has 4 nitrogen and oxygen atoms in total. The van der Waals surface area contributed by atoms with Crippen LogP contribution in [0.2, 0.25) is 0 Å². The van der Waals surface area contributed by atoms with Crippen molar-refractivity contribution in [1.29, 1.82) is 0 Å². The van der Waals surface area contributed by atoms with E-state index in [0.717, 1.165) is 24.4 Å². The van der Waals surface area contributed by atoms with Gasteiger partial charge in [0.1, 0.15) is 0 Å². The Kier molecular flexibility index (Phi) is 3.25. The number of nitrogens with zero attached hydrogens (tertiary/aromatic N) is 3. The highest BCUT2D eigenvalue weighted by Crippen LogP contribution is 2.15. The van der Waals surface area contributed by atoms with Crippen LogP contribution in [0.3, 0.4) is 0 Å². The van der Waals surface area contributed by atoms with Crippen molar-refractivity contribution in [3.05, 3.63) is 29.1 Å². The fraction of sp³-hybridized carbons (Fsp3) is 0.385. The number of benzene rings is 1. The third-order valence-electron chi connectivity index (χ3n) is 3.10. The van der Waals surface area contributed by atoms with Crippen LogP contribution in [0.1, 0.15) is 6.42 Å². The molecular formula is C13H15N3OS. The Morgan fingerprint density at radius 2 is 2.33 bits per heavy atom. The number of ether oxygens (including phenoxy) is 1. The lowest BCUT2D eigenvalue weighted by atomic mass is 10.1. The molecule has 1 aromatic carbocycles. The molecule has 3 rings (SSSR count). The molecule has 1 saturated heterocycles. The van der Waals surface area contributed by atoms with E-state index in [1.807, 2.05) is 25.4 Å². The number of thiazole rings is 1. The van der Waals surface area contributed by atoms with Gasteiger partial charge in [-0.2, -0.15) is 5.10 Å². The zero-order valence-electron chi connectivity index (χ0n) is 10.2. The summed E-state index contributed by atoms with van der Waals surface area (Å²) in [6, 6.07) is 8.28. The SMILES string of the molecule is Cn1c(=N/N=C/C2CCOC2)sc2ccccc21. The number of para-hydroxylation sites is 1. The van der Waals surface area contributed by atoms with Gasteiger partial charge in [0.25, 0.3) is 0 Å². The van der Waals surface area contributed by atoms with Crippen molar-refractivity contribution in [3.63, 3.8) is 0 Å². The maximum Gasteiger partial charge on any atom is 0.211 e. The van der Waals surface area contributed by atoms with Crippen molar-refractivity contribution in [2.45, 2.75) is 6.42 Å². The van der Waals surface area contributed by atoms with Crippen molar-refractivity contribution in [1.82, 2.24) is 4.57 Å². The molecule has 0 N–H and O–H groups in total. The quantitative estimate of drug-likeness (QED) is 0.603. The molecule has 1 atom stereocenters. The predicted octanol–water partition coefficient (Wildman–Crippen LogP) is 2.16. The van der Waals surface area contributed by atoms with Crippen molar-refractivity contribution in [3.8, 4) is 0 Å². The van der Waals surface area contributed by atoms with Crippen LogP contribution >= 0.6 is 11.3 Å². The Morgan fingerprint density at radius 3 is 3.11 bits per heavy atom. The maximum atomic E-state index is 5.30. The molecule has 18 heavy (non-hydrogen) atoms. The average molecular weight is 261 g/mol. The van der Waals surface area contributed by atoms with E-state index in [1.54, 1.807) is 11.3 Å². The molecule has 2 aromatic rings. The summed E-state index contributed by atoms with van der Waals surface area (Å²) < 4.78 is 8.60. The van der Waals surface area contributed by atoms with E-state index in [0.29, 0.717) is 5.92 Å². The van der Waals surface area contributed by atoms with Crippen LogP contribution in [0.15, 0.2) is 34.5 Å².